The lowest BCUT2D eigenvalue weighted by atomic mass is 10.1. The van der Waals surface area contributed by atoms with Crippen molar-refractivity contribution in [1.82, 2.24) is 10.2 Å². The zero-order valence-corrected chi connectivity index (χ0v) is 12.7. The van der Waals surface area contributed by atoms with Crippen LogP contribution in [-0.4, -0.2) is 47.7 Å². The normalized spacial score (nSPS) is 11.1. The first-order valence-corrected chi connectivity index (χ1v) is 6.81. The number of halogens is 1. The van der Waals surface area contributed by atoms with Crippen LogP contribution in [0, 0.1) is 13.8 Å². The Morgan fingerprint density at radius 3 is 2.47 bits per heavy atom. The minimum atomic E-state index is 0.0422. The molecule has 0 aliphatic heterocycles. The van der Waals surface area contributed by atoms with E-state index in [-0.39, 0.29) is 12.6 Å². The molecule has 0 aromatic carbocycles. The lowest BCUT2D eigenvalue weighted by Gasteiger charge is -2.29. The number of anilines is 1. The second-order valence-electron chi connectivity index (χ2n) is 4.69. The van der Waals surface area contributed by atoms with Gasteiger partial charge in [-0.2, -0.15) is 0 Å². The van der Waals surface area contributed by atoms with E-state index in [1.54, 1.807) is 0 Å². The number of nitrogens with zero attached hydrogens (tertiary/aromatic N) is 3. The summed E-state index contributed by atoms with van der Waals surface area (Å²) < 4.78 is 5.31. The molecule has 0 saturated carbocycles. The zero-order chi connectivity index (χ0) is 14.4. The highest BCUT2D eigenvalue weighted by Crippen LogP contribution is 2.24. The van der Waals surface area contributed by atoms with Crippen molar-refractivity contribution in [2.75, 3.05) is 31.3 Å². The standard InChI is InChI=1S/C13H22ClN3O2/c1-9(2)17(5-7-19-8-6-18)13-11(4)10(3)12(14)15-16-13/h9,18H,5-8H2,1-4H3. The molecule has 1 aromatic rings. The van der Waals surface area contributed by atoms with Crippen molar-refractivity contribution in [3.05, 3.63) is 16.3 Å². The number of hydrogen-bond donors (Lipinski definition) is 1. The van der Waals surface area contributed by atoms with Crippen LogP contribution >= 0.6 is 11.6 Å². The van der Waals surface area contributed by atoms with Crippen LogP contribution in [0.2, 0.25) is 5.15 Å². The molecule has 1 rings (SSSR count). The fourth-order valence-electron chi connectivity index (χ4n) is 1.77. The molecule has 0 fully saturated rings. The molecule has 1 N–H and O–H groups in total. The van der Waals surface area contributed by atoms with Gasteiger partial charge in [0.2, 0.25) is 0 Å². The van der Waals surface area contributed by atoms with Crippen molar-refractivity contribution >= 4 is 17.4 Å². The third-order valence-corrected chi connectivity index (χ3v) is 3.41. The van der Waals surface area contributed by atoms with Crippen LogP contribution in [0.4, 0.5) is 5.82 Å². The van der Waals surface area contributed by atoms with Crippen molar-refractivity contribution in [2.24, 2.45) is 0 Å². The molecule has 1 heterocycles. The first-order chi connectivity index (χ1) is 8.99. The summed E-state index contributed by atoms with van der Waals surface area (Å²) in [4.78, 5) is 2.13. The Hall–Kier alpha value is -0.910. The van der Waals surface area contributed by atoms with Gasteiger partial charge >= 0.3 is 0 Å². The Morgan fingerprint density at radius 2 is 1.89 bits per heavy atom. The number of ether oxygens (including phenoxy) is 1. The minimum Gasteiger partial charge on any atom is -0.394 e. The smallest absolute Gasteiger partial charge is 0.155 e. The second kappa shape index (κ2) is 7.62. The van der Waals surface area contributed by atoms with Crippen LogP contribution in [0.15, 0.2) is 0 Å². The van der Waals surface area contributed by atoms with Gasteiger partial charge in [-0.1, -0.05) is 11.6 Å². The quantitative estimate of drug-likeness (QED) is 0.777. The number of aromatic nitrogens is 2. The summed E-state index contributed by atoms with van der Waals surface area (Å²) >= 11 is 5.97. The highest BCUT2D eigenvalue weighted by molar-refractivity contribution is 6.30. The van der Waals surface area contributed by atoms with E-state index < -0.39 is 0 Å². The number of aliphatic hydroxyl groups excluding tert-OH is 1. The van der Waals surface area contributed by atoms with E-state index in [1.165, 1.54) is 0 Å². The van der Waals surface area contributed by atoms with Crippen LogP contribution in [0.1, 0.15) is 25.0 Å². The topological polar surface area (TPSA) is 58.5 Å². The fourth-order valence-corrected chi connectivity index (χ4v) is 1.95. The third-order valence-electron chi connectivity index (χ3n) is 3.05. The molecule has 108 valence electrons. The summed E-state index contributed by atoms with van der Waals surface area (Å²) in [6.45, 7) is 9.77. The highest BCUT2D eigenvalue weighted by atomic mass is 35.5. The Morgan fingerprint density at radius 1 is 1.21 bits per heavy atom. The van der Waals surface area contributed by atoms with Gasteiger partial charge in [0.1, 0.15) is 0 Å². The molecule has 0 spiro atoms. The molecule has 19 heavy (non-hydrogen) atoms. The number of aliphatic hydroxyl groups is 1. The Bertz CT molecular complexity index is 413. The Labute approximate surface area is 119 Å². The number of hydrogen-bond acceptors (Lipinski definition) is 5. The van der Waals surface area contributed by atoms with Gasteiger partial charge in [-0.05, 0) is 38.8 Å². The molecule has 0 amide bonds. The molecule has 6 heteroatoms. The van der Waals surface area contributed by atoms with Gasteiger partial charge in [0.05, 0.1) is 19.8 Å². The molecule has 0 radical (unpaired) electrons. The van der Waals surface area contributed by atoms with Crippen molar-refractivity contribution in [3.8, 4) is 0 Å². The molecule has 0 unspecified atom stereocenters. The summed E-state index contributed by atoms with van der Waals surface area (Å²) in [5.41, 5.74) is 1.99. The van der Waals surface area contributed by atoms with Crippen LogP contribution < -0.4 is 4.90 Å². The van der Waals surface area contributed by atoms with Crippen LogP contribution in [0.3, 0.4) is 0 Å². The lowest BCUT2D eigenvalue weighted by molar-refractivity contribution is 0.0960. The monoisotopic (exact) mass is 287 g/mol. The molecule has 0 bridgehead atoms. The van der Waals surface area contributed by atoms with E-state index >= 15 is 0 Å². The average molecular weight is 288 g/mol. The van der Waals surface area contributed by atoms with Gasteiger partial charge in [-0.15, -0.1) is 10.2 Å². The first-order valence-electron chi connectivity index (χ1n) is 6.43. The zero-order valence-electron chi connectivity index (χ0n) is 12.0. The van der Waals surface area contributed by atoms with Crippen molar-refractivity contribution in [2.45, 2.75) is 33.7 Å². The van der Waals surface area contributed by atoms with Gasteiger partial charge in [0.15, 0.2) is 11.0 Å². The summed E-state index contributed by atoms with van der Waals surface area (Å²) in [7, 11) is 0. The predicted octanol–water partition coefficient (Wildman–Crippen LogP) is 1.97. The van der Waals surface area contributed by atoms with E-state index in [2.05, 4.69) is 28.9 Å². The fraction of sp³-hybridized carbons (Fsp3) is 0.692. The molecule has 1 aromatic heterocycles. The molecular formula is C13H22ClN3O2. The maximum atomic E-state index is 8.69. The van der Waals surface area contributed by atoms with Crippen molar-refractivity contribution < 1.29 is 9.84 Å². The molecule has 0 saturated heterocycles. The number of rotatable bonds is 7. The van der Waals surface area contributed by atoms with Gasteiger partial charge in [-0.25, -0.2) is 0 Å². The van der Waals surface area contributed by atoms with Crippen LogP contribution in [0.5, 0.6) is 0 Å². The Kier molecular flexibility index (Phi) is 6.48. The molecule has 0 atom stereocenters. The van der Waals surface area contributed by atoms with Crippen molar-refractivity contribution in [3.63, 3.8) is 0 Å². The minimum absolute atomic E-state index is 0.0422. The SMILES string of the molecule is Cc1c(Cl)nnc(N(CCOCCO)C(C)C)c1C. The summed E-state index contributed by atoms with van der Waals surface area (Å²) in [6.07, 6.45) is 0. The molecule has 0 aliphatic rings. The van der Waals surface area contributed by atoms with E-state index in [0.29, 0.717) is 24.9 Å². The summed E-state index contributed by atoms with van der Waals surface area (Å²) in [5, 5.41) is 17.3. The molecule has 0 aliphatic carbocycles. The predicted molar refractivity (Wildman–Crippen MR) is 76.9 cm³/mol. The molecular weight excluding hydrogens is 266 g/mol. The maximum Gasteiger partial charge on any atom is 0.155 e. The van der Waals surface area contributed by atoms with E-state index in [9.17, 15) is 0 Å². The Balaban J connectivity index is 2.84. The van der Waals surface area contributed by atoms with Gasteiger partial charge in [0.25, 0.3) is 0 Å². The summed E-state index contributed by atoms with van der Waals surface area (Å²) in [6, 6.07) is 0.284. The van der Waals surface area contributed by atoms with Gasteiger partial charge in [-0.3, -0.25) is 0 Å². The first kappa shape index (κ1) is 16.1. The highest BCUT2D eigenvalue weighted by Gasteiger charge is 2.17. The van der Waals surface area contributed by atoms with Gasteiger partial charge < -0.3 is 14.7 Å². The van der Waals surface area contributed by atoms with Crippen LogP contribution in [0.25, 0.3) is 0 Å². The van der Waals surface area contributed by atoms with Crippen molar-refractivity contribution in [1.29, 1.82) is 0 Å². The maximum absolute atomic E-state index is 8.69. The van der Waals surface area contributed by atoms with E-state index in [1.807, 2.05) is 13.8 Å². The largest absolute Gasteiger partial charge is 0.394 e. The summed E-state index contributed by atoms with van der Waals surface area (Å²) in [5.74, 6) is 0.837. The molecule has 5 nitrogen and oxygen atoms in total. The second-order valence-corrected chi connectivity index (χ2v) is 5.05. The average Bonchev–Trinajstić information content (AvgIpc) is 2.37. The van der Waals surface area contributed by atoms with Crippen LogP contribution in [-0.2, 0) is 4.74 Å². The van der Waals surface area contributed by atoms with E-state index in [4.69, 9.17) is 21.4 Å². The van der Waals surface area contributed by atoms with Gasteiger partial charge in [0, 0.05) is 12.6 Å². The lowest BCUT2D eigenvalue weighted by Crippen LogP contribution is -2.35. The van der Waals surface area contributed by atoms with E-state index in [0.717, 1.165) is 16.9 Å². The third kappa shape index (κ3) is 4.30.